The lowest BCUT2D eigenvalue weighted by Gasteiger charge is -2.08. The summed E-state index contributed by atoms with van der Waals surface area (Å²) in [6.07, 6.45) is 2.67. The van der Waals surface area contributed by atoms with Gasteiger partial charge in [0, 0.05) is 23.7 Å². The van der Waals surface area contributed by atoms with Crippen molar-refractivity contribution in [3.8, 4) is 11.5 Å². The molecular formula is C22H19N3. The summed E-state index contributed by atoms with van der Waals surface area (Å²) in [5.74, 6) is 0.668. The molecule has 0 unspecified atom stereocenters. The largest absolute Gasteiger partial charge is 0.249 e. The Morgan fingerprint density at radius 1 is 0.840 bits per heavy atom. The van der Waals surface area contributed by atoms with E-state index in [0.29, 0.717) is 5.82 Å². The van der Waals surface area contributed by atoms with Crippen molar-refractivity contribution in [1.29, 1.82) is 0 Å². The molecule has 0 amide bonds. The second-order valence-corrected chi connectivity index (χ2v) is 6.37. The molecule has 0 aliphatic rings. The van der Waals surface area contributed by atoms with Gasteiger partial charge >= 0.3 is 0 Å². The van der Waals surface area contributed by atoms with E-state index in [0.717, 1.165) is 28.7 Å². The Hall–Kier alpha value is -3.07. The van der Waals surface area contributed by atoms with Crippen LogP contribution in [0.4, 0.5) is 0 Å². The summed E-state index contributed by atoms with van der Waals surface area (Å²) in [5.41, 5.74) is 6.66. The molecule has 2 heterocycles. The number of hydrogen-bond donors (Lipinski definition) is 0. The Morgan fingerprint density at radius 3 is 2.64 bits per heavy atom. The molecule has 4 rings (SSSR count). The van der Waals surface area contributed by atoms with Crippen LogP contribution in [0.3, 0.4) is 0 Å². The summed E-state index contributed by atoms with van der Waals surface area (Å²) in [6.45, 7) is 4.26. The van der Waals surface area contributed by atoms with Gasteiger partial charge in [0.2, 0.25) is 0 Å². The molecule has 0 fully saturated rings. The topological polar surface area (TPSA) is 38.7 Å². The maximum Gasteiger partial charge on any atom is 0.178 e. The number of rotatable bonds is 3. The fourth-order valence-corrected chi connectivity index (χ4v) is 2.98. The molecule has 0 spiro atoms. The van der Waals surface area contributed by atoms with Gasteiger partial charge in [-0.15, -0.1) is 0 Å². The molecule has 3 heteroatoms. The SMILES string of the molecule is Cc1ccc(C)c(Cc2cccc(-c3ncc4ccccc4n3)n2)c1. The van der Waals surface area contributed by atoms with Gasteiger partial charge in [-0.25, -0.2) is 15.0 Å². The monoisotopic (exact) mass is 325 g/mol. The number of hydrogen-bond acceptors (Lipinski definition) is 3. The Morgan fingerprint density at radius 2 is 1.72 bits per heavy atom. The fraction of sp³-hybridized carbons (Fsp3) is 0.136. The van der Waals surface area contributed by atoms with Gasteiger partial charge in [0.15, 0.2) is 5.82 Å². The molecule has 122 valence electrons. The van der Waals surface area contributed by atoms with Crippen LogP contribution in [0.15, 0.2) is 66.9 Å². The van der Waals surface area contributed by atoms with Gasteiger partial charge < -0.3 is 0 Å². The molecular weight excluding hydrogens is 306 g/mol. The van der Waals surface area contributed by atoms with Crippen LogP contribution in [-0.2, 0) is 6.42 Å². The van der Waals surface area contributed by atoms with Crippen LogP contribution < -0.4 is 0 Å². The molecule has 0 N–H and O–H groups in total. The second-order valence-electron chi connectivity index (χ2n) is 6.37. The zero-order valence-corrected chi connectivity index (χ0v) is 14.4. The average molecular weight is 325 g/mol. The predicted molar refractivity (Wildman–Crippen MR) is 101 cm³/mol. The van der Waals surface area contributed by atoms with Crippen molar-refractivity contribution in [2.45, 2.75) is 20.3 Å². The minimum Gasteiger partial charge on any atom is -0.249 e. The average Bonchev–Trinajstić information content (AvgIpc) is 2.64. The van der Waals surface area contributed by atoms with E-state index in [1.807, 2.05) is 42.6 Å². The van der Waals surface area contributed by atoms with E-state index in [1.165, 1.54) is 16.7 Å². The van der Waals surface area contributed by atoms with Crippen molar-refractivity contribution >= 4 is 10.9 Å². The summed E-state index contributed by atoms with van der Waals surface area (Å²) < 4.78 is 0. The number of fused-ring (bicyclic) bond motifs is 1. The Bertz CT molecular complexity index is 1050. The molecule has 3 nitrogen and oxygen atoms in total. The highest BCUT2D eigenvalue weighted by atomic mass is 14.9. The molecule has 4 aromatic rings. The molecule has 0 saturated carbocycles. The van der Waals surface area contributed by atoms with Crippen molar-refractivity contribution in [3.05, 3.63) is 89.2 Å². The number of aryl methyl sites for hydroxylation is 2. The predicted octanol–water partition coefficient (Wildman–Crippen LogP) is 4.90. The molecule has 0 aliphatic carbocycles. The second kappa shape index (κ2) is 6.44. The van der Waals surface area contributed by atoms with Crippen molar-refractivity contribution in [1.82, 2.24) is 15.0 Å². The van der Waals surface area contributed by atoms with Crippen molar-refractivity contribution in [3.63, 3.8) is 0 Å². The lowest BCUT2D eigenvalue weighted by Crippen LogP contribution is -1.98. The van der Waals surface area contributed by atoms with E-state index >= 15 is 0 Å². The van der Waals surface area contributed by atoms with Gasteiger partial charge in [0.25, 0.3) is 0 Å². The first-order chi connectivity index (χ1) is 12.2. The van der Waals surface area contributed by atoms with Crippen LogP contribution in [0, 0.1) is 13.8 Å². The van der Waals surface area contributed by atoms with Crippen LogP contribution in [0.5, 0.6) is 0 Å². The van der Waals surface area contributed by atoms with E-state index < -0.39 is 0 Å². The van der Waals surface area contributed by atoms with Gasteiger partial charge in [-0.1, -0.05) is 48.0 Å². The molecule has 2 aromatic carbocycles. The van der Waals surface area contributed by atoms with Gasteiger partial charge in [0.1, 0.15) is 5.69 Å². The maximum atomic E-state index is 4.79. The van der Waals surface area contributed by atoms with Crippen molar-refractivity contribution in [2.24, 2.45) is 0 Å². The van der Waals surface area contributed by atoms with E-state index in [-0.39, 0.29) is 0 Å². The quantitative estimate of drug-likeness (QED) is 0.538. The van der Waals surface area contributed by atoms with Crippen molar-refractivity contribution in [2.75, 3.05) is 0 Å². The fourth-order valence-electron chi connectivity index (χ4n) is 2.98. The van der Waals surface area contributed by atoms with E-state index in [4.69, 9.17) is 4.98 Å². The standard InChI is InChI=1S/C22H19N3/c1-15-10-11-16(2)18(12-15)13-19-7-5-9-21(24-19)22-23-14-17-6-3-4-8-20(17)25-22/h3-12,14H,13H2,1-2H3. The minimum atomic E-state index is 0.668. The van der Waals surface area contributed by atoms with E-state index in [2.05, 4.69) is 48.1 Å². The first-order valence-corrected chi connectivity index (χ1v) is 8.43. The van der Waals surface area contributed by atoms with E-state index in [1.54, 1.807) is 0 Å². The van der Waals surface area contributed by atoms with Crippen LogP contribution in [-0.4, -0.2) is 15.0 Å². The van der Waals surface area contributed by atoms with E-state index in [9.17, 15) is 0 Å². The van der Waals surface area contributed by atoms with Crippen molar-refractivity contribution < 1.29 is 0 Å². The molecule has 0 saturated heterocycles. The summed E-state index contributed by atoms with van der Waals surface area (Å²) in [6, 6.07) is 20.6. The minimum absolute atomic E-state index is 0.668. The van der Waals surface area contributed by atoms with Crippen LogP contribution >= 0.6 is 0 Å². The number of para-hydroxylation sites is 1. The number of pyridine rings is 1. The molecule has 0 aliphatic heterocycles. The third kappa shape index (κ3) is 3.26. The highest BCUT2D eigenvalue weighted by Crippen LogP contribution is 2.19. The summed E-state index contributed by atoms with van der Waals surface area (Å²) in [4.78, 5) is 13.9. The van der Waals surface area contributed by atoms with Crippen LogP contribution in [0.25, 0.3) is 22.4 Å². The molecule has 0 radical (unpaired) electrons. The lowest BCUT2D eigenvalue weighted by atomic mass is 10.0. The zero-order chi connectivity index (χ0) is 17.2. The molecule has 0 atom stereocenters. The third-order valence-electron chi connectivity index (χ3n) is 4.40. The third-order valence-corrected chi connectivity index (χ3v) is 4.40. The highest BCUT2D eigenvalue weighted by Gasteiger charge is 2.07. The summed E-state index contributed by atoms with van der Waals surface area (Å²) in [7, 11) is 0. The first-order valence-electron chi connectivity index (χ1n) is 8.43. The summed E-state index contributed by atoms with van der Waals surface area (Å²) in [5, 5.41) is 1.04. The van der Waals surface area contributed by atoms with Gasteiger partial charge in [0.05, 0.1) is 5.52 Å². The van der Waals surface area contributed by atoms with Crippen LogP contribution in [0.1, 0.15) is 22.4 Å². The van der Waals surface area contributed by atoms with Gasteiger partial charge in [-0.3, -0.25) is 0 Å². The van der Waals surface area contributed by atoms with Gasteiger partial charge in [-0.2, -0.15) is 0 Å². The Kier molecular flexibility index (Phi) is 3.98. The molecule has 25 heavy (non-hydrogen) atoms. The maximum absolute atomic E-state index is 4.79. The smallest absolute Gasteiger partial charge is 0.178 e. The number of benzene rings is 2. The number of nitrogens with zero attached hydrogens (tertiary/aromatic N) is 3. The lowest BCUT2D eigenvalue weighted by molar-refractivity contribution is 1.04. The highest BCUT2D eigenvalue weighted by molar-refractivity contribution is 5.79. The number of aromatic nitrogens is 3. The zero-order valence-electron chi connectivity index (χ0n) is 14.4. The van der Waals surface area contributed by atoms with Gasteiger partial charge in [-0.05, 0) is 43.2 Å². The Labute approximate surface area is 147 Å². The molecule has 2 aromatic heterocycles. The molecule has 0 bridgehead atoms. The Balaban J connectivity index is 1.69. The summed E-state index contributed by atoms with van der Waals surface area (Å²) >= 11 is 0. The first kappa shape index (κ1) is 15.5. The normalized spacial score (nSPS) is 11.0. The van der Waals surface area contributed by atoms with Crippen LogP contribution in [0.2, 0.25) is 0 Å².